The highest BCUT2D eigenvalue weighted by Crippen LogP contribution is 2.36. The van der Waals surface area contributed by atoms with E-state index in [9.17, 15) is 4.79 Å². The van der Waals surface area contributed by atoms with Crippen LogP contribution in [0.1, 0.15) is 5.56 Å². The topological polar surface area (TPSA) is 101 Å². The first-order chi connectivity index (χ1) is 10.2. The predicted molar refractivity (Wildman–Crippen MR) is 81.1 cm³/mol. The predicted octanol–water partition coefficient (Wildman–Crippen LogP) is 1.39. The maximum Gasteiger partial charge on any atom is 0.271 e. The van der Waals surface area contributed by atoms with Crippen molar-refractivity contribution in [1.29, 1.82) is 0 Å². The number of aromatic amines is 1. The van der Waals surface area contributed by atoms with Gasteiger partial charge in [-0.15, -0.1) is 10.2 Å². The maximum atomic E-state index is 11.0. The Labute approximate surface area is 128 Å². The zero-order valence-electron chi connectivity index (χ0n) is 11.3. The summed E-state index contributed by atoms with van der Waals surface area (Å²) >= 11 is 3.42. The van der Waals surface area contributed by atoms with Crippen LogP contribution in [-0.4, -0.2) is 35.6 Å². The first-order valence-corrected chi connectivity index (χ1v) is 6.56. The van der Waals surface area contributed by atoms with Gasteiger partial charge >= 0.3 is 0 Å². The lowest BCUT2D eigenvalue weighted by molar-refractivity contribution is 0.353. The minimum Gasteiger partial charge on any atom is -0.493 e. The molecule has 9 heteroatoms. The number of hydrogen-bond acceptors (Lipinski definition) is 7. The van der Waals surface area contributed by atoms with Gasteiger partial charge in [-0.2, -0.15) is 5.10 Å². The van der Waals surface area contributed by atoms with Gasteiger partial charge in [0, 0.05) is 5.56 Å². The van der Waals surface area contributed by atoms with Gasteiger partial charge in [-0.05, 0) is 28.1 Å². The number of rotatable bonds is 5. The molecule has 1 aromatic heterocycles. The summed E-state index contributed by atoms with van der Waals surface area (Å²) in [6.45, 7) is 0. The van der Waals surface area contributed by atoms with E-state index < -0.39 is 0 Å². The van der Waals surface area contributed by atoms with E-state index in [4.69, 9.17) is 9.47 Å². The van der Waals surface area contributed by atoms with Crippen LogP contribution in [0.15, 0.2) is 32.7 Å². The van der Waals surface area contributed by atoms with Gasteiger partial charge < -0.3 is 9.47 Å². The Hall–Kier alpha value is -2.42. The van der Waals surface area contributed by atoms with Crippen LogP contribution >= 0.6 is 15.9 Å². The highest BCUT2D eigenvalue weighted by atomic mass is 79.9. The van der Waals surface area contributed by atoms with Crippen LogP contribution in [0.3, 0.4) is 0 Å². The Morgan fingerprint density at radius 1 is 1.38 bits per heavy atom. The van der Waals surface area contributed by atoms with Crippen LogP contribution in [0.4, 0.5) is 5.95 Å². The molecule has 1 heterocycles. The summed E-state index contributed by atoms with van der Waals surface area (Å²) in [4.78, 5) is 13.5. The molecule has 0 aliphatic rings. The molecule has 110 valence electrons. The van der Waals surface area contributed by atoms with E-state index in [0.717, 1.165) is 11.8 Å². The molecule has 0 amide bonds. The van der Waals surface area contributed by atoms with E-state index in [2.05, 4.69) is 41.6 Å². The van der Waals surface area contributed by atoms with Crippen molar-refractivity contribution in [1.82, 2.24) is 15.2 Å². The number of benzene rings is 1. The minimum absolute atomic E-state index is 0.148. The highest BCUT2D eigenvalue weighted by molar-refractivity contribution is 9.10. The van der Waals surface area contributed by atoms with E-state index in [1.165, 1.54) is 0 Å². The van der Waals surface area contributed by atoms with E-state index in [1.807, 2.05) is 0 Å². The van der Waals surface area contributed by atoms with Crippen molar-refractivity contribution in [3.05, 3.63) is 38.7 Å². The van der Waals surface area contributed by atoms with Crippen molar-refractivity contribution in [3.63, 3.8) is 0 Å². The lowest BCUT2D eigenvalue weighted by Gasteiger charge is -2.10. The number of ether oxygens (including phenoxy) is 2. The van der Waals surface area contributed by atoms with Crippen LogP contribution in [-0.2, 0) is 0 Å². The van der Waals surface area contributed by atoms with Crippen LogP contribution < -0.4 is 20.5 Å². The molecule has 2 aromatic rings. The first kappa shape index (κ1) is 15.0. The average molecular weight is 354 g/mol. The number of H-pyrrole nitrogens is 1. The highest BCUT2D eigenvalue weighted by Gasteiger charge is 2.11. The quantitative estimate of drug-likeness (QED) is 0.622. The van der Waals surface area contributed by atoms with Crippen molar-refractivity contribution in [2.45, 2.75) is 0 Å². The molecule has 1 aromatic carbocycles. The zero-order chi connectivity index (χ0) is 15.2. The molecule has 8 nitrogen and oxygen atoms in total. The zero-order valence-corrected chi connectivity index (χ0v) is 12.8. The summed E-state index contributed by atoms with van der Waals surface area (Å²) in [6.07, 6.45) is 2.61. The summed E-state index contributed by atoms with van der Waals surface area (Å²) in [7, 11) is 3.11. The number of hydrazone groups is 1. The smallest absolute Gasteiger partial charge is 0.271 e. The second-order valence-electron chi connectivity index (χ2n) is 3.76. The van der Waals surface area contributed by atoms with Crippen molar-refractivity contribution in [2.75, 3.05) is 19.6 Å². The molecule has 0 aliphatic heterocycles. The second kappa shape index (κ2) is 6.84. The minimum atomic E-state index is -0.366. The fourth-order valence-electron chi connectivity index (χ4n) is 1.53. The maximum absolute atomic E-state index is 11.0. The van der Waals surface area contributed by atoms with Gasteiger partial charge in [-0.3, -0.25) is 9.78 Å². The Kier molecular flexibility index (Phi) is 4.88. The number of halogens is 1. The molecule has 0 saturated carbocycles. The third kappa shape index (κ3) is 3.57. The Balaban J connectivity index is 2.19. The number of methoxy groups -OCH3 is 2. The molecule has 0 aliphatic carbocycles. The first-order valence-electron chi connectivity index (χ1n) is 5.77. The van der Waals surface area contributed by atoms with Crippen molar-refractivity contribution in [3.8, 4) is 11.5 Å². The number of aromatic nitrogens is 3. The molecule has 0 bridgehead atoms. The third-order valence-electron chi connectivity index (χ3n) is 2.46. The van der Waals surface area contributed by atoms with Gasteiger partial charge in [0.25, 0.3) is 5.56 Å². The summed E-state index contributed by atoms with van der Waals surface area (Å²) < 4.78 is 11.1. The average Bonchev–Trinajstić information content (AvgIpc) is 2.48. The summed E-state index contributed by atoms with van der Waals surface area (Å²) in [6, 6.07) is 3.56. The largest absolute Gasteiger partial charge is 0.493 e. The normalized spacial score (nSPS) is 10.6. The molecule has 2 N–H and O–H groups in total. The molecule has 21 heavy (non-hydrogen) atoms. The molecule has 0 unspecified atom stereocenters. The number of anilines is 1. The fraction of sp³-hybridized carbons (Fsp3) is 0.167. The molecule has 0 fully saturated rings. The van der Waals surface area contributed by atoms with E-state index in [1.54, 1.807) is 32.6 Å². The van der Waals surface area contributed by atoms with Gasteiger partial charge in [0.2, 0.25) is 5.95 Å². The molecular formula is C12H12BrN5O3. The van der Waals surface area contributed by atoms with Crippen LogP contribution in [0, 0.1) is 0 Å². The summed E-state index contributed by atoms with van der Waals surface area (Å²) in [5.41, 5.74) is 2.96. The van der Waals surface area contributed by atoms with Crippen molar-refractivity contribution < 1.29 is 9.47 Å². The van der Waals surface area contributed by atoms with Gasteiger partial charge in [-0.25, -0.2) is 5.43 Å². The Bertz CT molecular complexity index is 716. The third-order valence-corrected chi connectivity index (χ3v) is 3.28. The summed E-state index contributed by atoms with van der Waals surface area (Å²) in [5.74, 6) is 1.32. The van der Waals surface area contributed by atoms with E-state index >= 15 is 0 Å². The van der Waals surface area contributed by atoms with Gasteiger partial charge in [0.05, 0.1) is 24.9 Å². The van der Waals surface area contributed by atoms with Crippen molar-refractivity contribution >= 4 is 28.1 Å². The standard InChI is InChI=1S/C12H12BrN5O3/c1-20-8-4-3-7(10(13)11(8)21-2)5-14-17-12-16-9(19)6-15-18-12/h3-6H,1-2H3,(H2,16,17,18,19)/b14-5+. The van der Waals surface area contributed by atoms with Crippen molar-refractivity contribution in [2.24, 2.45) is 5.10 Å². The van der Waals surface area contributed by atoms with Crippen LogP contribution in [0.5, 0.6) is 11.5 Å². The Morgan fingerprint density at radius 2 is 2.19 bits per heavy atom. The second-order valence-corrected chi connectivity index (χ2v) is 4.55. The number of nitrogens with one attached hydrogen (secondary N) is 2. The molecule has 0 radical (unpaired) electrons. The van der Waals surface area contributed by atoms with Gasteiger partial charge in [0.15, 0.2) is 11.5 Å². The number of nitrogens with zero attached hydrogens (tertiary/aromatic N) is 3. The number of hydrogen-bond donors (Lipinski definition) is 2. The Morgan fingerprint density at radius 3 is 2.86 bits per heavy atom. The monoisotopic (exact) mass is 353 g/mol. The molecular weight excluding hydrogens is 342 g/mol. The molecule has 0 spiro atoms. The van der Waals surface area contributed by atoms with E-state index in [-0.39, 0.29) is 11.5 Å². The molecule has 0 saturated heterocycles. The van der Waals surface area contributed by atoms with Gasteiger partial charge in [-0.1, -0.05) is 0 Å². The summed E-state index contributed by atoms with van der Waals surface area (Å²) in [5, 5.41) is 11.1. The van der Waals surface area contributed by atoms with Gasteiger partial charge in [0.1, 0.15) is 6.20 Å². The fourth-order valence-corrected chi connectivity index (χ4v) is 2.12. The lowest BCUT2D eigenvalue weighted by Crippen LogP contribution is -2.10. The van der Waals surface area contributed by atoms with Crippen LogP contribution in [0.25, 0.3) is 0 Å². The van der Waals surface area contributed by atoms with E-state index in [0.29, 0.717) is 16.0 Å². The lowest BCUT2D eigenvalue weighted by atomic mass is 10.2. The molecule has 0 atom stereocenters. The van der Waals surface area contributed by atoms with Crippen LogP contribution in [0.2, 0.25) is 0 Å². The molecule has 2 rings (SSSR count). The SMILES string of the molecule is COc1ccc(/C=N/Nc2nncc(=O)[nH]2)c(Br)c1OC.